The van der Waals surface area contributed by atoms with Crippen molar-refractivity contribution in [2.75, 3.05) is 26.2 Å². The van der Waals surface area contributed by atoms with Crippen LogP contribution in [0.15, 0.2) is 30.3 Å². The molecule has 1 heterocycles. The van der Waals surface area contributed by atoms with Crippen LogP contribution in [0.4, 0.5) is 0 Å². The van der Waals surface area contributed by atoms with Crippen molar-refractivity contribution in [1.29, 1.82) is 0 Å². The van der Waals surface area contributed by atoms with Crippen molar-refractivity contribution in [3.8, 4) is 0 Å². The molecule has 18 heavy (non-hydrogen) atoms. The summed E-state index contributed by atoms with van der Waals surface area (Å²) in [5.41, 5.74) is 1.46. The first-order valence-electron chi connectivity index (χ1n) is 6.76. The Morgan fingerprint density at radius 1 is 1.33 bits per heavy atom. The van der Waals surface area contributed by atoms with Gasteiger partial charge >= 0.3 is 0 Å². The van der Waals surface area contributed by atoms with Crippen molar-refractivity contribution in [3.63, 3.8) is 0 Å². The molecule has 3 nitrogen and oxygen atoms in total. The van der Waals surface area contributed by atoms with E-state index in [1.807, 2.05) is 6.07 Å². The largest absolute Gasteiger partial charge is 0.390 e. The normalized spacial score (nSPS) is 24.7. The van der Waals surface area contributed by atoms with E-state index in [1.165, 1.54) is 5.56 Å². The molecule has 1 aromatic rings. The first-order valence-corrected chi connectivity index (χ1v) is 6.76. The zero-order valence-electron chi connectivity index (χ0n) is 11.4. The van der Waals surface area contributed by atoms with Gasteiger partial charge in [-0.1, -0.05) is 30.3 Å². The second-order valence-electron chi connectivity index (χ2n) is 5.78. The molecule has 0 aliphatic carbocycles. The molecule has 1 saturated heterocycles. The molecule has 0 amide bonds. The zero-order valence-corrected chi connectivity index (χ0v) is 11.4. The van der Waals surface area contributed by atoms with E-state index in [2.05, 4.69) is 48.3 Å². The number of hydrogen-bond acceptors (Lipinski definition) is 3. The molecule has 0 spiro atoms. The fourth-order valence-electron chi connectivity index (χ4n) is 2.53. The Labute approximate surface area is 110 Å². The lowest BCUT2D eigenvalue weighted by Gasteiger charge is -2.37. The second kappa shape index (κ2) is 5.83. The SMILES string of the molecule is CC1(C)CNCC(O)CN1CCc1ccccc1. The first-order chi connectivity index (χ1) is 8.58. The Morgan fingerprint density at radius 3 is 2.78 bits per heavy atom. The number of rotatable bonds is 3. The molecular formula is C15H24N2O. The molecule has 0 saturated carbocycles. The first kappa shape index (κ1) is 13.5. The van der Waals surface area contributed by atoms with Crippen molar-refractivity contribution in [3.05, 3.63) is 35.9 Å². The maximum Gasteiger partial charge on any atom is 0.0791 e. The number of β-amino-alcohol motifs (C(OH)–C–C–N with tert-alkyl or cyclic N) is 1. The van der Waals surface area contributed by atoms with E-state index >= 15 is 0 Å². The molecule has 2 rings (SSSR count). The molecule has 1 fully saturated rings. The Morgan fingerprint density at radius 2 is 2.06 bits per heavy atom. The lowest BCUT2D eigenvalue weighted by molar-refractivity contribution is 0.0779. The third-order valence-electron chi connectivity index (χ3n) is 3.74. The molecule has 2 N–H and O–H groups in total. The maximum absolute atomic E-state index is 9.88. The summed E-state index contributed by atoms with van der Waals surface area (Å²) >= 11 is 0. The second-order valence-corrected chi connectivity index (χ2v) is 5.78. The summed E-state index contributed by atoms with van der Waals surface area (Å²) in [6.45, 7) is 7.86. The highest BCUT2D eigenvalue weighted by atomic mass is 16.3. The van der Waals surface area contributed by atoms with Gasteiger partial charge in [0.05, 0.1) is 6.10 Å². The topological polar surface area (TPSA) is 35.5 Å². The van der Waals surface area contributed by atoms with Crippen LogP contribution in [0.25, 0.3) is 0 Å². The lowest BCUT2D eigenvalue weighted by atomic mass is 10.0. The third kappa shape index (κ3) is 3.55. The Kier molecular flexibility index (Phi) is 4.38. The van der Waals surface area contributed by atoms with Gasteiger partial charge in [-0.05, 0) is 25.8 Å². The van der Waals surface area contributed by atoms with Crippen LogP contribution >= 0.6 is 0 Å². The number of nitrogens with one attached hydrogen (secondary N) is 1. The van der Waals surface area contributed by atoms with Crippen LogP contribution in [0.1, 0.15) is 19.4 Å². The van der Waals surface area contributed by atoms with Crippen LogP contribution in [0.2, 0.25) is 0 Å². The quantitative estimate of drug-likeness (QED) is 0.846. The van der Waals surface area contributed by atoms with Crippen molar-refractivity contribution in [2.24, 2.45) is 0 Å². The molecule has 100 valence electrons. The van der Waals surface area contributed by atoms with Crippen LogP contribution in [0, 0.1) is 0 Å². The number of nitrogens with zero attached hydrogens (tertiary/aromatic N) is 1. The summed E-state index contributed by atoms with van der Waals surface area (Å²) < 4.78 is 0. The molecule has 1 atom stereocenters. The highest BCUT2D eigenvalue weighted by Crippen LogP contribution is 2.17. The fraction of sp³-hybridized carbons (Fsp3) is 0.600. The average Bonchev–Trinajstić information content (AvgIpc) is 2.47. The van der Waals surface area contributed by atoms with Crippen LogP contribution in [-0.2, 0) is 6.42 Å². The molecule has 1 unspecified atom stereocenters. The van der Waals surface area contributed by atoms with Gasteiger partial charge in [0.25, 0.3) is 0 Å². The van der Waals surface area contributed by atoms with E-state index in [-0.39, 0.29) is 11.6 Å². The summed E-state index contributed by atoms with van der Waals surface area (Å²) in [7, 11) is 0. The smallest absolute Gasteiger partial charge is 0.0791 e. The average molecular weight is 248 g/mol. The summed E-state index contributed by atoms with van der Waals surface area (Å²) in [6, 6.07) is 10.5. The molecular weight excluding hydrogens is 224 g/mol. The van der Waals surface area contributed by atoms with E-state index in [0.29, 0.717) is 6.54 Å². The highest BCUT2D eigenvalue weighted by molar-refractivity contribution is 5.15. The molecule has 3 heteroatoms. The Balaban J connectivity index is 1.97. The standard InChI is InChI=1S/C15H24N2O/c1-15(2)12-16-10-14(18)11-17(15)9-8-13-6-4-3-5-7-13/h3-7,14,16,18H,8-12H2,1-2H3. The van der Waals surface area contributed by atoms with Crippen molar-refractivity contribution in [1.82, 2.24) is 10.2 Å². The summed E-state index contributed by atoms with van der Waals surface area (Å²) in [5.74, 6) is 0. The Hall–Kier alpha value is -0.900. The molecule has 0 aromatic heterocycles. The van der Waals surface area contributed by atoms with Gasteiger partial charge in [0.2, 0.25) is 0 Å². The van der Waals surface area contributed by atoms with Gasteiger partial charge in [0, 0.05) is 31.7 Å². The van der Waals surface area contributed by atoms with Gasteiger partial charge in [-0.3, -0.25) is 4.90 Å². The van der Waals surface area contributed by atoms with E-state index < -0.39 is 0 Å². The fourth-order valence-corrected chi connectivity index (χ4v) is 2.53. The van der Waals surface area contributed by atoms with Crippen molar-refractivity contribution in [2.45, 2.75) is 31.9 Å². The van der Waals surface area contributed by atoms with Gasteiger partial charge < -0.3 is 10.4 Å². The highest BCUT2D eigenvalue weighted by Gasteiger charge is 2.30. The predicted octanol–water partition coefficient (Wildman–Crippen LogP) is 1.27. The lowest BCUT2D eigenvalue weighted by Crippen LogP contribution is -2.50. The molecule has 1 aliphatic heterocycles. The van der Waals surface area contributed by atoms with Gasteiger partial charge in [0.15, 0.2) is 0 Å². The van der Waals surface area contributed by atoms with E-state index in [4.69, 9.17) is 0 Å². The third-order valence-corrected chi connectivity index (χ3v) is 3.74. The van der Waals surface area contributed by atoms with Crippen LogP contribution < -0.4 is 5.32 Å². The predicted molar refractivity (Wildman–Crippen MR) is 74.7 cm³/mol. The van der Waals surface area contributed by atoms with E-state index in [9.17, 15) is 5.11 Å². The summed E-state index contributed by atoms with van der Waals surface area (Å²) in [6.07, 6.45) is 0.777. The van der Waals surface area contributed by atoms with Gasteiger partial charge in [-0.2, -0.15) is 0 Å². The van der Waals surface area contributed by atoms with Gasteiger partial charge in [0.1, 0.15) is 0 Å². The number of benzene rings is 1. The molecule has 0 bridgehead atoms. The maximum atomic E-state index is 9.88. The van der Waals surface area contributed by atoms with Crippen molar-refractivity contribution < 1.29 is 5.11 Å². The Bertz CT molecular complexity index is 364. The number of aliphatic hydroxyl groups excluding tert-OH is 1. The monoisotopic (exact) mass is 248 g/mol. The summed E-state index contributed by atoms with van der Waals surface area (Å²) in [4.78, 5) is 2.39. The van der Waals surface area contributed by atoms with E-state index in [1.54, 1.807) is 0 Å². The van der Waals surface area contributed by atoms with Crippen molar-refractivity contribution >= 4 is 0 Å². The van der Waals surface area contributed by atoms with Gasteiger partial charge in [-0.15, -0.1) is 0 Å². The minimum Gasteiger partial charge on any atom is -0.390 e. The van der Waals surface area contributed by atoms with Gasteiger partial charge in [-0.25, -0.2) is 0 Å². The van der Waals surface area contributed by atoms with Crippen LogP contribution in [0.3, 0.4) is 0 Å². The summed E-state index contributed by atoms with van der Waals surface area (Å²) in [5, 5.41) is 13.2. The molecule has 1 aromatic carbocycles. The minimum absolute atomic E-state index is 0.103. The molecule has 1 aliphatic rings. The zero-order chi connectivity index (χ0) is 13.0. The number of hydrogen-bond donors (Lipinski definition) is 2. The molecule has 0 radical (unpaired) electrons. The van der Waals surface area contributed by atoms with E-state index in [0.717, 1.165) is 26.1 Å². The van der Waals surface area contributed by atoms with Crippen LogP contribution in [0.5, 0.6) is 0 Å². The number of aliphatic hydroxyl groups is 1. The van der Waals surface area contributed by atoms with Crippen LogP contribution in [-0.4, -0.2) is 47.8 Å². The minimum atomic E-state index is -0.262.